The van der Waals surface area contributed by atoms with Gasteiger partial charge in [-0.05, 0) is 53.6 Å². The van der Waals surface area contributed by atoms with Crippen LogP contribution in [-0.4, -0.2) is 10.8 Å². The minimum atomic E-state index is 0.176. The Morgan fingerprint density at radius 2 is 1.52 bits per heavy atom. The number of ketones is 1. The zero-order valence-electron chi connectivity index (χ0n) is 14.8. The maximum absolute atomic E-state index is 12.5. The summed E-state index contributed by atoms with van der Waals surface area (Å²) in [5.74, 6) is 1.70. The quantitative estimate of drug-likeness (QED) is 0.467. The number of ether oxygens (including phenoxy) is 1. The number of para-hydroxylation sites is 1. The van der Waals surface area contributed by atoms with E-state index in [-0.39, 0.29) is 5.78 Å². The third-order valence-electron chi connectivity index (χ3n) is 4.35. The molecule has 4 rings (SSSR count). The molecule has 0 unspecified atom stereocenters. The molecule has 132 valence electrons. The smallest absolute Gasteiger partial charge is 0.141 e. The first-order chi connectivity index (χ1) is 13.3. The molecule has 1 aromatic heterocycles. The number of hydrogen-bond acceptors (Lipinski definition) is 3. The first kappa shape index (κ1) is 17.0. The Bertz CT molecular complexity index is 1070. The molecule has 0 aliphatic heterocycles. The molecule has 4 aromatic rings. The number of nitrogens with zero attached hydrogens (tertiary/aromatic N) is 1. The SMILES string of the molecule is O=C(Cc1cccc(Oc2ccccc2)c1)Cc1ccc2ncccc2c1. The van der Waals surface area contributed by atoms with Crippen LogP contribution < -0.4 is 4.74 Å². The van der Waals surface area contributed by atoms with Gasteiger partial charge in [0, 0.05) is 24.4 Å². The summed E-state index contributed by atoms with van der Waals surface area (Å²) < 4.78 is 5.85. The number of hydrogen-bond donors (Lipinski definition) is 0. The normalized spacial score (nSPS) is 10.7. The summed E-state index contributed by atoms with van der Waals surface area (Å²) in [5.41, 5.74) is 2.91. The Morgan fingerprint density at radius 1 is 0.741 bits per heavy atom. The van der Waals surface area contributed by atoms with Crippen molar-refractivity contribution in [1.29, 1.82) is 0 Å². The van der Waals surface area contributed by atoms with Crippen LogP contribution in [0.5, 0.6) is 11.5 Å². The molecule has 0 aliphatic carbocycles. The highest BCUT2D eigenvalue weighted by Gasteiger charge is 2.08. The summed E-state index contributed by atoms with van der Waals surface area (Å²) >= 11 is 0. The molecule has 0 atom stereocenters. The van der Waals surface area contributed by atoms with Crippen LogP contribution in [-0.2, 0) is 17.6 Å². The highest BCUT2D eigenvalue weighted by atomic mass is 16.5. The van der Waals surface area contributed by atoms with E-state index in [1.54, 1.807) is 6.20 Å². The number of carbonyl (C=O) groups excluding carboxylic acids is 1. The maximum Gasteiger partial charge on any atom is 0.141 e. The fourth-order valence-corrected chi connectivity index (χ4v) is 3.10. The van der Waals surface area contributed by atoms with Crippen LogP contribution in [0.4, 0.5) is 0 Å². The third kappa shape index (κ3) is 4.39. The fourth-order valence-electron chi connectivity index (χ4n) is 3.10. The highest BCUT2D eigenvalue weighted by molar-refractivity contribution is 5.85. The van der Waals surface area contributed by atoms with Gasteiger partial charge < -0.3 is 4.74 Å². The van der Waals surface area contributed by atoms with E-state index < -0.39 is 0 Å². The minimum Gasteiger partial charge on any atom is -0.457 e. The van der Waals surface area contributed by atoms with Crippen molar-refractivity contribution in [3.8, 4) is 11.5 Å². The van der Waals surface area contributed by atoms with Crippen LogP contribution in [0.3, 0.4) is 0 Å². The molecule has 0 N–H and O–H groups in total. The van der Waals surface area contributed by atoms with Crippen molar-refractivity contribution in [3.05, 3.63) is 102 Å². The first-order valence-electron chi connectivity index (χ1n) is 8.93. The summed E-state index contributed by atoms with van der Waals surface area (Å²) in [4.78, 5) is 16.8. The zero-order chi connectivity index (χ0) is 18.5. The van der Waals surface area contributed by atoms with Gasteiger partial charge in [-0.2, -0.15) is 0 Å². The maximum atomic E-state index is 12.5. The topological polar surface area (TPSA) is 39.2 Å². The number of rotatable bonds is 6. The number of aromatic nitrogens is 1. The standard InChI is InChI=1S/C24H19NO2/c26-21(16-19-11-12-24-20(14-19)7-5-13-25-24)15-18-6-4-10-23(17-18)27-22-8-2-1-3-9-22/h1-14,17H,15-16H2. The molecule has 3 aromatic carbocycles. The second kappa shape index (κ2) is 7.83. The van der Waals surface area contributed by atoms with Crippen LogP contribution >= 0.6 is 0 Å². The summed E-state index contributed by atoms with van der Waals surface area (Å²) in [6.45, 7) is 0. The van der Waals surface area contributed by atoms with Gasteiger partial charge in [0.2, 0.25) is 0 Å². The minimum absolute atomic E-state index is 0.176. The molecule has 3 nitrogen and oxygen atoms in total. The molecule has 0 spiro atoms. The number of Topliss-reactive ketones (excluding diaryl/α,β-unsaturated/α-hetero) is 1. The van der Waals surface area contributed by atoms with Crippen molar-refractivity contribution in [1.82, 2.24) is 4.98 Å². The highest BCUT2D eigenvalue weighted by Crippen LogP contribution is 2.22. The van der Waals surface area contributed by atoms with E-state index in [1.807, 2.05) is 84.9 Å². The lowest BCUT2D eigenvalue weighted by atomic mass is 10.0. The van der Waals surface area contributed by atoms with Crippen molar-refractivity contribution < 1.29 is 9.53 Å². The molecule has 0 amide bonds. The molecule has 3 heteroatoms. The van der Waals surface area contributed by atoms with E-state index in [4.69, 9.17) is 4.74 Å². The lowest BCUT2D eigenvalue weighted by Gasteiger charge is -2.08. The van der Waals surface area contributed by atoms with Crippen molar-refractivity contribution >= 4 is 16.7 Å². The molecule has 0 radical (unpaired) electrons. The number of benzene rings is 3. The zero-order valence-corrected chi connectivity index (χ0v) is 14.8. The summed E-state index contributed by atoms with van der Waals surface area (Å²) in [6.07, 6.45) is 2.57. The number of carbonyl (C=O) groups is 1. The van der Waals surface area contributed by atoms with Crippen molar-refractivity contribution in [2.24, 2.45) is 0 Å². The van der Waals surface area contributed by atoms with E-state index in [0.29, 0.717) is 12.8 Å². The van der Waals surface area contributed by atoms with Gasteiger partial charge >= 0.3 is 0 Å². The Labute approximate surface area is 158 Å². The van der Waals surface area contributed by atoms with Crippen molar-refractivity contribution in [2.75, 3.05) is 0 Å². The summed E-state index contributed by atoms with van der Waals surface area (Å²) in [6, 6.07) is 27.2. The van der Waals surface area contributed by atoms with E-state index >= 15 is 0 Å². The van der Waals surface area contributed by atoms with E-state index in [1.165, 1.54) is 0 Å². The Balaban J connectivity index is 1.43. The molecule has 0 saturated heterocycles. The molecular formula is C24H19NO2. The molecule has 0 bridgehead atoms. The van der Waals surface area contributed by atoms with Crippen LogP contribution in [0.2, 0.25) is 0 Å². The predicted octanol–water partition coefficient (Wildman–Crippen LogP) is 5.38. The second-order valence-electron chi connectivity index (χ2n) is 6.49. The van der Waals surface area contributed by atoms with Gasteiger partial charge in [-0.3, -0.25) is 9.78 Å². The fraction of sp³-hybridized carbons (Fsp3) is 0.0833. The average molecular weight is 353 g/mol. The van der Waals surface area contributed by atoms with Gasteiger partial charge in [-0.1, -0.05) is 42.5 Å². The monoisotopic (exact) mass is 353 g/mol. The van der Waals surface area contributed by atoms with Crippen molar-refractivity contribution in [2.45, 2.75) is 12.8 Å². The lowest BCUT2D eigenvalue weighted by molar-refractivity contribution is -0.117. The van der Waals surface area contributed by atoms with Gasteiger partial charge in [0.15, 0.2) is 0 Å². The predicted molar refractivity (Wildman–Crippen MR) is 107 cm³/mol. The van der Waals surface area contributed by atoms with Gasteiger partial charge in [-0.15, -0.1) is 0 Å². The summed E-state index contributed by atoms with van der Waals surface area (Å²) in [7, 11) is 0. The summed E-state index contributed by atoms with van der Waals surface area (Å²) in [5, 5.41) is 1.06. The van der Waals surface area contributed by atoms with Crippen LogP contribution in [0.1, 0.15) is 11.1 Å². The molecular weight excluding hydrogens is 334 g/mol. The molecule has 0 aliphatic rings. The van der Waals surface area contributed by atoms with E-state index in [2.05, 4.69) is 4.98 Å². The van der Waals surface area contributed by atoms with Crippen LogP contribution in [0, 0.1) is 0 Å². The molecule has 27 heavy (non-hydrogen) atoms. The van der Waals surface area contributed by atoms with E-state index in [9.17, 15) is 4.79 Å². The van der Waals surface area contributed by atoms with Gasteiger partial charge in [0.1, 0.15) is 17.3 Å². The van der Waals surface area contributed by atoms with Gasteiger partial charge in [0.05, 0.1) is 5.52 Å². The Hall–Kier alpha value is -3.46. The lowest BCUT2D eigenvalue weighted by Crippen LogP contribution is -2.06. The molecule has 0 fully saturated rings. The van der Waals surface area contributed by atoms with Crippen LogP contribution in [0.25, 0.3) is 10.9 Å². The van der Waals surface area contributed by atoms with E-state index in [0.717, 1.165) is 33.5 Å². The van der Waals surface area contributed by atoms with Crippen LogP contribution in [0.15, 0.2) is 91.1 Å². The third-order valence-corrected chi connectivity index (χ3v) is 4.35. The molecule has 0 saturated carbocycles. The Kier molecular flexibility index (Phi) is 4.93. The Morgan fingerprint density at radius 3 is 2.37 bits per heavy atom. The van der Waals surface area contributed by atoms with Gasteiger partial charge in [-0.25, -0.2) is 0 Å². The molecule has 1 heterocycles. The van der Waals surface area contributed by atoms with Gasteiger partial charge in [0.25, 0.3) is 0 Å². The number of pyridine rings is 1. The largest absolute Gasteiger partial charge is 0.457 e. The van der Waals surface area contributed by atoms with Crippen molar-refractivity contribution in [3.63, 3.8) is 0 Å². The average Bonchev–Trinajstić information content (AvgIpc) is 2.69. The number of fused-ring (bicyclic) bond motifs is 1. The first-order valence-corrected chi connectivity index (χ1v) is 8.93. The second-order valence-corrected chi connectivity index (χ2v) is 6.49.